The van der Waals surface area contributed by atoms with E-state index in [0.717, 1.165) is 38.6 Å². The number of halogens is 2. The molecule has 2 saturated heterocycles. The molecule has 0 atom stereocenters. The average Bonchev–Trinajstić information content (AvgIpc) is 3.53. The van der Waals surface area contributed by atoms with E-state index in [9.17, 15) is 13.6 Å². The Hall–Kier alpha value is -3.34. The predicted octanol–water partition coefficient (Wildman–Crippen LogP) is 3.94. The van der Waals surface area contributed by atoms with Crippen LogP contribution in [0.15, 0.2) is 30.3 Å². The van der Waals surface area contributed by atoms with Crippen molar-refractivity contribution in [2.75, 3.05) is 43.1 Å². The number of fused-ring (bicyclic) bond motifs is 1. The highest BCUT2D eigenvalue weighted by molar-refractivity contribution is 5.79. The van der Waals surface area contributed by atoms with E-state index in [0.29, 0.717) is 67.4 Å². The lowest BCUT2D eigenvalue weighted by molar-refractivity contribution is -0.130. The van der Waals surface area contributed by atoms with Gasteiger partial charge >= 0.3 is 0 Å². The van der Waals surface area contributed by atoms with Gasteiger partial charge in [-0.2, -0.15) is 9.97 Å². The van der Waals surface area contributed by atoms with Gasteiger partial charge in [-0.05, 0) is 44.2 Å². The molecule has 1 aromatic carbocycles. The number of amides is 1. The molecule has 1 amide bonds. The van der Waals surface area contributed by atoms with Crippen LogP contribution in [0.5, 0.6) is 0 Å². The molecule has 2 aliphatic heterocycles. The number of aromatic nitrogens is 4. The summed E-state index contributed by atoms with van der Waals surface area (Å²) < 4.78 is 35.1. The Kier molecular flexibility index (Phi) is 6.62. The summed E-state index contributed by atoms with van der Waals surface area (Å²) >= 11 is 0. The molecule has 11 heteroatoms. The smallest absolute Gasteiger partial charge is 0.296 e. The number of para-hydroxylation sites is 2. The van der Waals surface area contributed by atoms with Gasteiger partial charge in [0.05, 0.1) is 24.2 Å². The molecule has 0 bridgehead atoms. The number of likely N-dealkylation sites (tertiary alicyclic amines) is 1. The summed E-state index contributed by atoms with van der Waals surface area (Å²) in [6.45, 7) is 3.25. The Bertz CT molecular complexity index is 1270. The van der Waals surface area contributed by atoms with Crippen LogP contribution in [-0.4, -0.2) is 75.3 Å². The molecule has 1 N–H and O–H groups in total. The Labute approximate surface area is 213 Å². The van der Waals surface area contributed by atoms with Crippen molar-refractivity contribution in [2.45, 2.75) is 57.0 Å². The quantitative estimate of drug-likeness (QED) is 0.536. The fraction of sp³-hybridized carbons (Fsp3) is 0.538. The van der Waals surface area contributed by atoms with Gasteiger partial charge in [0.15, 0.2) is 5.82 Å². The first-order chi connectivity index (χ1) is 18.1. The molecule has 3 aliphatic rings. The van der Waals surface area contributed by atoms with E-state index in [4.69, 9.17) is 14.7 Å². The Morgan fingerprint density at radius 1 is 1.00 bits per heavy atom. The second-order valence-corrected chi connectivity index (χ2v) is 9.95. The van der Waals surface area contributed by atoms with Crippen LogP contribution in [0.4, 0.5) is 20.5 Å². The van der Waals surface area contributed by atoms with Gasteiger partial charge in [0, 0.05) is 44.2 Å². The highest BCUT2D eigenvalue weighted by atomic mass is 19.3. The molecule has 2 aromatic heterocycles. The number of carbonyl (C=O) groups excluding carboxylic acids is 1. The van der Waals surface area contributed by atoms with E-state index in [2.05, 4.69) is 10.3 Å². The van der Waals surface area contributed by atoms with Crippen LogP contribution in [0, 0.1) is 0 Å². The Morgan fingerprint density at radius 2 is 1.78 bits per heavy atom. The van der Waals surface area contributed by atoms with E-state index in [1.54, 1.807) is 24.3 Å². The van der Waals surface area contributed by atoms with Crippen LogP contribution < -0.4 is 10.2 Å². The lowest BCUT2D eigenvalue weighted by atomic mass is 9.90. The van der Waals surface area contributed by atoms with Gasteiger partial charge in [0.2, 0.25) is 11.9 Å². The standard InChI is InChI=1S/C26H31F2N7O2/c27-24(28)25-30-19-4-1-2-5-20(19)35(25)22-16-21(31-26(32-22)33-12-14-37-15-13-33)29-17-7-9-18(10-8-17)34-11-3-6-23(34)36/h1-2,4-5,16-18,24H,3,6-15H2,(H,29,31,32). The molecule has 1 aliphatic carbocycles. The first-order valence-corrected chi connectivity index (χ1v) is 13.1. The van der Waals surface area contributed by atoms with Gasteiger partial charge in [0.1, 0.15) is 11.6 Å². The summed E-state index contributed by atoms with van der Waals surface area (Å²) in [7, 11) is 0. The number of hydrogen-bond donors (Lipinski definition) is 1. The molecule has 9 nitrogen and oxygen atoms in total. The minimum Gasteiger partial charge on any atom is -0.378 e. The fourth-order valence-electron chi connectivity index (χ4n) is 5.74. The third kappa shape index (κ3) is 4.84. The van der Waals surface area contributed by atoms with E-state index >= 15 is 0 Å². The van der Waals surface area contributed by atoms with Crippen molar-refractivity contribution in [3.05, 3.63) is 36.2 Å². The van der Waals surface area contributed by atoms with Gasteiger partial charge in [-0.3, -0.25) is 9.36 Å². The van der Waals surface area contributed by atoms with Gasteiger partial charge < -0.3 is 19.9 Å². The number of imidazole rings is 1. The maximum Gasteiger partial charge on any atom is 0.296 e. The van der Waals surface area contributed by atoms with Crippen LogP contribution in [0.25, 0.3) is 16.9 Å². The first-order valence-electron chi connectivity index (χ1n) is 13.1. The number of ether oxygens (including phenoxy) is 1. The normalized spacial score (nSPS) is 22.8. The fourth-order valence-corrected chi connectivity index (χ4v) is 5.74. The number of anilines is 2. The monoisotopic (exact) mass is 511 g/mol. The predicted molar refractivity (Wildman–Crippen MR) is 135 cm³/mol. The maximum atomic E-state index is 14.1. The van der Waals surface area contributed by atoms with Crippen molar-refractivity contribution < 1.29 is 18.3 Å². The van der Waals surface area contributed by atoms with Gasteiger partial charge in [0.25, 0.3) is 6.43 Å². The minimum absolute atomic E-state index is 0.184. The number of hydrogen-bond acceptors (Lipinski definition) is 7. The Balaban J connectivity index is 1.31. The SMILES string of the molecule is O=C1CCCN1C1CCC(Nc2cc(-n3c(C(F)F)nc4ccccc43)nc(N3CCOCC3)n2)CC1. The summed E-state index contributed by atoms with van der Waals surface area (Å²) in [4.78, 5) is 29.9. The number of nitrogens with zero attached hydrogens (tertiary/aromatic N) is 6. The largest absolute Gasteiger partial charge is 0.378 e. The van der Waals surface area contributed by atoms with Crippen molar-refractivity contribution in [2.24, 2.45) is 0 Å². The first kappa shape index (κ1) is 24.0. The number of morpholine rings is 1. The van der Waals surface area contributed by atoms with Crippen LogP contribution in [0.1, 0.15) is 50.8 Å². The number of nitrogens with one attached hydrogen (secondary N) is 1. The molecule has 4 heterocycles. The Morgan fingerprint density at radius 3 is 2.51 bits per heavy atom. The van der Waals surface area contributed by atoms with E-state index in [1.807, 2.05) is 15.9 Å². The van der Waals surface area contributed by atoms with E-state index in [-0.39, 0.29) is 17.8 Å². The molecule has 0 spiro atoms. The average molecular weight is 512 g/mol. The highest BCUT2D eigenvalue weighted by Crippen LogP contribution is 2.31. The van der Waals surface area contributed by atoms with E-state index in [1.165, 1.54) is 4.57 Å². The summed E-state index contributed by atoms with van der Waals surface area (Å²) in [6, 6.07) is 9.33. The van der Waals surface area contributed by atoms with Gasteiger partial charge in [-0.25, -0.2) is 13.8 Å². The second kappa shape index (κ2) is 10.2. The second-order valence-electron chi connectivity index (χ2n) is 9.95. The summed E-state index contributed by atoms with van der Waals surface area (Å²) in [5, 5.41) is 3.55. The van der Waals surface area contributed by atoms with Gasteiger partial charge in [-0.1, -0.05) is 12.1 Å². The molecule has 0 radical (unpaired) electrons. The van der Waals surface area contributed by atoms with Crippen molar-refractivity contribution in [3.8, 4) is 5.82 Å². The lowest BCUT2D eigenvalue weighted by Crippen LogP contribution is -2.41. The van der Waals surface area contributed by atoms with Crippen molar-refractivity contribution in [1.82, 2.24) is 24.4 Å². The molecule has 3 fully saturated rings. The van der Waals surface area contributed by atoms with Crippen molar-refractivity contribution >= 4 is 28.7 Å². The molecule has 0 unspecified atom stereocenters. The van der Waals surface area contributed by atoms with Crippen LogP contribution in [-0.2, 0) is 9.53 Å². The molecule has 1 saturated carbocycles. The zero-order valence-corrected chi connectivity index (χ0v) is 20.7. The number of carbonyl (C=O) groups is 1. The molecular weight excluding hydrogens is 480 g/mol. The zero-order valence-electron chi connectivity index (χ0n) is 20.7. The molecule has 3 aromatic rings. The minimum atomic E-state index is -2.76. The van der Waals surface area contributed by atoms with Gasteiger partial charge in [-0.15, -0.1) is 0 Å². The molecule has 196 valence electrons. The van der Waals surface area contributed by atoms with Crippen LogP contribution in [0.2, 0.25) is 0 Å². The third-order valence-electron chi connectivity index (χ3n) is 7.61. The molecular formula is C26H31F2N7O2. The van der Waals surface area contributed by atoms with Crippen LogP contribution >= 0.6 is 0 Å². The summed E-state index contributed by atoms with van der Waals surface area (Å²) in [5.41, 5.74) is 1.07. The number of rotatable bonds is 6. The zero-order chi connectivity index (χ0) is 25.4. The topological polar surface area (TPSA) is 88.4 Å². The maximum absolute atomic E-state index is 14.1. The van der Waals surface area contributed by atoms with Crippen LogP contribution in [0.3, 0.4) is 0 Å². The third-order valence-corrected chi connectivity index (χ3v) is 7.61. The molecule has 6 rings (SSSR count). The van der Waals surface area contributed by atoms with Crippen molar-refractivity contribution in [3.63, 3.8) is 0 Å². The van der Waals surface area contributed by atoms with Crippen molar-refractivity contribution in [1.29, 1.82) is 0 Å². The summed E-state index contributed by atoms with van der Waals surface area (Å²) in [5.74, 6) is 1.38. The lowest BCUT2D eigenvalue weighted by Gasteiger charge is -2.35. The summed E-state index contributed by atoms with van der Waals surface area (Å²) in [6.07, 6.45) is 2.57. The highest BCUT2D eigenvalue weighted by Gasteiger charge is 2.32. The number of benzene rings is 1. The van der Waals surface area contributed by atoms with E-state index < -0.39 is 6.43 Å². The molecule has 37 heavy (non-hydrogen) atoms. The number of alkyl halides is 2.